The van der Waals surface area contributed by atoms with Crippen molar-refractivity contribution in [2.75, 3.05) is 33.2 Å². The van der Waals surface area contributed by atoms with Crippen LogP contribution in [0, 0.1) is 0 Å². The fraction of sp³-hybridized carbons (Fsp3) is 1.00. The molecule has 0 saturated heterocycles. The molecule has 2 nitrogen and oxygen atoms in total. The Labute approximate surface area is 109 Å². The summed E-state index contributed by atoms with van der Waals surface area (Å²) in [7, 11) is 2.22. The molecule has 0 aromatic rings. The molecular weight excluding hydrogens is 208 g/mol. The van der Waals surface area contributed by atoms with E-state index < -0.39 is 0 Å². The van der Waals surface area contributed by atoms with Gasteiger partial charge in [0.1, 0.15) is 0 Å². The van der Waals surface area contributed by atoms with Gasteiger partial charge in [0.15, 0.2) is 0 Å². The molecule has 0 aliphatic carbocycles. The summed E-state index contributed by atoms with van der Waals surface area (Å²) in [6, 6.07) is 0.783. The second kappa shape index (κ2) is 11.0. The Kier molecular flexibility index (Phi) is 11.0. The SMILES string of the molecule is CCCCCN(CC)C(CC)CCN(C)CC. The normalized spacial score (nSPS) is 13.6. The van der Waals surface area contributed by atoms with E-state index in [1.54, 1.807) is 0 Å². The van der Waals surface area contributed by atoms with Crippen LogP contribution >= 0.6 is 0 Å². The molecule has 2 heteroatoms. The highest BCUT2D eigenvalue weighted by Crippen LogP contribution is 2.11. The van der Waals surface area contributed by atoms with Gasteiger partial charge in [-0.2, -0.15) is 0 Å². The first-order valence-corrected chi connectivity index (χ1v) is 7.62. The molecule has 1 atom stereocenters. The molecule has 0 aliphatic rings. The van der Waals surface area contributed by atoms with Gasteiger partial charge in [0, 0.05) is 6.04 Å². The van der Waals surface area contributed by atoms with E-state index in [-0.39, 0.29) is 0 Å². The van der Waals surface area contributed by atoms with Gasteiger partial charge in [-0.3, -0.25) is 0 Å². The van der Waals surface area contributed by atoms with Crippen LogP contribution in [0.15, 0.2) is 0 Å². The van der Waals surface area contributed by atoms with Crippen LogP contribution in [0.2, 0.25) is 0 Å². The molecule has 17 heavy (non-hydrogen) atoms. The first-order valence-electron chi connectivity index (χ1n) is 7.62. The van der Waals surface area contributed by atoms with E-state index in [2.05, 4.69) is 44.5 Å². The van der Waals surface area contributed by atoms with Crippen molar-refractivity contribution in [2.24, 2.45) is 0 Å². The van der Waals surface area contributed by atoms with Crippen LogP contribution in [-0.4, -0.2) is 49.1 Å². The first kappa shape index (κ1) is 16.9. The van der Waals surface area contributed by atoms with Crippen LogP contribution in [0.5, 0.6) is 0 Å². The highest BCUT2D eigenvalue weighted by molar-refractivity contribution is 4.71. The topological polar surface area (TPSA) is 6.48 Å². The van der Waals surface area contributed by atoms with Gasteiger partial charge in [-0.05, 0) is 52.5 Å². The maximum atomic E-state index is 2.68. The molecule has 0 aromatic heterocycles. The average Bonchev–Trinajstić information content (AvgIpc) is 2.36. The van der Waals surface area contributed by atoms with Gasteiger partial charge < -0.3 is 9.80 Å². The summed E-state index contributed by atoms with van der Waals surface area (Å²) in [6.45, 7) is 14.1. The highest BCUT2D eigenvalue weighted by Gasteiger charge is 2.14. The van der Waals surface area contributed by atoms with Crippen molar-refractivity contribution < 1.29 is 0 Å². The molecule has 0 saturated carbocycles. The van der Waals surface area contributed by atoms with Gasteiger partial charge in [-0.1, -0.05) is 40.5 Å². The van der Waals surface area contributed by atoms with Gasteiger partial charge in [0.25, 0.3) is 0 Å². The van der Waals surface area contributed by atoms with Crippen molar-refractivity contribution in [2.45, 2.75) is 65.8 Å². The number of unbranched alkanes of at least 4 members (excludes halogenated alkanes) is 2. The largest absolute Gasteiger partial charge is 0.307 e. The van der Waals surface area contributed by atoms with Gasteiger partial charge >= 0.3 is 0 Å². The summed E-state index contributed by atoms with van der Waals surface area (Å²) in [4.78, 5) is 5.10. The van der Waals surface area contributed by atoms with Crippen LogP contribution in [0.1, 0.15) is 59.8 Å². The summed E-state index contributed by atoms with van der Waals surface area (Å²) < 4.78 is 0. The van der Waals surface area contributed by atoms with Gasteiger partial charge in [0.05, 0.1) is 0 Å². The molecule has 0 aromatic carbocycles. The van der Waals surface area contributed by atoms with Gasteiger partial charge in [-0.25, -0.2) is 0 Å². The number of hydrogen-bond donors (Lipinski definition) is 0. The van der Waals surface area contributed by atoms with Crippen LogP contribution in [0.4, 0.5) is 0 Å². The molecule has 104 valence electrons. The minimum absolute atomic E-state index is 0.783. The van der Waals surface area contributed by atoms with Crippen molar-refractivity contribution in [3.63, 3.8) is 0 Å². The van der Waals surface area contributed by atoms with Crippen molar-refractivity contribution in [1.82, 2.24) is 9.80 Å². The summed E-state index contributed by atoms with van der Waals surface area (Å²) in [5, 5.41) is 0. The van der Waals surface area contributed by atoms with Crippen LogP contribution < -0.4 is 0 Å². The molecule has 0 spiro atoms. The third kappa shape index (κ3) is 7.77. The lowest BCUT2D eigenvalue weighted by molar-refractivity contribution is 0.171. The Morgan fingerprint density at radius 3 is 2.06 bits per heavy atom. The molecule has 0 bridgehead atoms. The zero-order valence-corrected chi connectivity index (χ0v) is 12.8. The van der Waals surface area contributed by atoms with E-state index in [0.29, 0.717) is 0 Å². The van der Waals surface area contributed by atoms with E-state index in [9.17, 15) is 0 Å². The van der Waals surface area contributed by atoms with Gasteiger partial charge in [-0.15, -0.1) is 0 Å². The lowest BCUT2D eigenvalue weighted by Gasteiger charge is -2.31. The van der Waals surface area contributed by atoms with Crippen LogP contribution in [-0.2, 0) is 0 Å². The van der Waals surface area contributed by atoms with E-state index in [1.807, 2.05) is 0 Å². The summed E-state index contributed by atoms with van der Waals surface area (Å²) in [5.74, 6) is 0. The Bertz CT molecular complexity index is 159. The molecule has 1 unspecified atom stereocenters. The maximum Gasteiger partial charge on any atom is 0.0105 e. The number of hydrogen-bond acceptors (Lipinski definition) is 2. The number of nitrogens with zero attached hydrogens (tertiary/aromatic N) is 2. The van der Waals surface area contributed by atoms with Crippen molar-refractivity contribution in [3.05, 3.63) is 0 Å². The standard InChI is InChI=1S/C15H34N2/c1-6-10-11-13-17(9-4)15(7-2)12-14-16(5)8-3/h15H,6-14H2,1-5H3. The second-order valence-corrected chi connectivity index (χ2v) is 5.08. The van der Waals surface area contributed by atoms with Crippen LogP contribution in [0.3, 0.4) is 0 Å². The molecule has 0 fully saturated rings. The van der Waals surface area contributed by atoms with Crippen molar-refractivity contribution >= 4 is 0 Å². The fourth-order valence-corrected chi connectivity index (χ4v) is 2.34. The third-order valence-electron chi connectivity index (χ3n) is 3.83. The zero-order valence-electron chi connectivity index (χ0n) is 12.8. The Morgan fingerprint density at radius 2 is 1.59 bits per heavy atom. The average molecular weight is 242 g/mol. The molecule has 0 aliphatic heterocycles. The second-order valence-electron chi connectivity index (χ2n) is 5.08. The molecule has 0 rings (SSSR count). The minimum atomic E-state index is 0.783. The third-order valence-corrected chi connectivity index (χ3v) is 3.83. The predicted octanol–water partition coefficient (Wildman–Crippen LogP) is 3.62. The highest BCUT2D eigenvalue weighted by atomic mass is 15.2. The van der Waals surface area contributed by atoms with E-state index in [0.717, 1.165) is 6.04 Å². The van der Waals surface area contributed by atoms with Crippen molar-refractivity contribution in [3.8, 4) is 0 Å². The molecular formula is C15H34N2. The van der Waals surface area contributed by atoms with Crippen LogP contribution in [0.25, 0.3) is 0 Å². The summed E-state index contributed by atoms with van der Waals surface area (Å²) in [5.41, 5.74) is 0. The monoisotopic (exact) mass is 242 g/mol. The lowest BCUT2D eigenvalue weighted by Crippen LogP contribution is -2.38. The smallest absolute Gasteiger partial charge is 0.0105 e. The van der Waals surface area contributed by atoms with Crippen molar-refractivity contribution in [1.29, 1.82) is 0 Å². The fourth-order valence-electron chi connectivity index (χ4n) is 2.34. The Hall–Kier alpha value is -0.0800. The van der Waals surface area contributed by atoms with E-state index in [4.69, 9.17) is 0 Å². The quantitative estimate of drug-likeness (QED) is 0.511. The molecule has 0 radical (unpaired) electrons. The number of rotatable bonds is 11. The Balaban J connectivity index is 3.99. The lowest BCUT2D eigenvalue weighted by atomic mass is 10.1. The zero-order chi connectivity index (χ0) is 13.1. The van der Waals surface area contributed by atoms with E-state index in [1.165, 1.54) is 58.3 Å². The van der Waals surface area contributed by atoms with Gasteiger partial charge in [0.2, 0.25) is 0 Å². The maximum absolute atomic E-state index is 2.68. The molecule has 0 N–H and O–H groups in total. The Morgan fingerprint density at radius 1 is 0.882 bits per heavy atom. The summed E-state index contributed by atoms with van der Waals surface area (Å²) >= 11 is 0. The molecule has 0 amide bonds. The summed E-state index contributed by atoms with van der Waals surface area (Å²) in [6.07, 6.45) is 6.68. The van der Waals surface area contributed by atoms with E-state index >= 15 is 0 Å². The molecule has 0 heterocycles. The first-order chi connectivity index (χ1) is 8.19. The minimum Gasteiger partial charge on any atom is -0.307 e. The predicted molar refractivity (Wildman–Crippen MR) is 78.6 cm³/mol.